The first-order valence-corrected chi connectivity index (χ1v) is 7.75. The van der Waals surface area contributed by atoms with Crippen LogP contribution in [0.2, 0.25) is 0 Å². The smallest absolute Gasteiger partial charge is 0.202 e. The Hall–Kier alpha value is -2.34. The summed E-state index contributed by atoms with van der Waals surface area (Å²) in [6, 6.07) is 10.8. The largest absolute Gasteiger partial charge is 0.486 e. The number of fused-ring (bicyclic) bond motifs is 1. The number of ether oxygens (including phenoxy) is 1. The van der Waals surface area contributed by atoms with Gasteiger partial charge in [0.25, 0.3) is 0 Å². The van der Waals surface area contributed by atoms with Gasteiger partial charge in [-0.3, -0.25) is 0 Å². The van der Waals surface area contributed by atoms with Gasteiger partial charge in [0, 0.05) is 16.5 Å². The molecule has 6 heteroatoms. The van der Waals surface area contributed by atoms with Crippen molar-refractivity contribution in [2.75, 3.05) is 12.3 Å². The zero-order valence-corrected chi connectivity index (χ0v) is 11.7. The topological polar surface area (TPSA) is 69.4 Å². The number of sulfone groups is 1. The minimum absolute atomic E-state index is 0.0450. The van der Waals surface area contributed by atoms with Crippen molar-refractivity contribution in [1.29, 1.82) is 0 Å². The lowest BCUT2D eigenvalue weighted by molar-refractivity contribution is 0.348. The number of rotatable bonds is 3. The Morgan fingerprint density at radius 2 is 1.86 bits per heavy atom. The summed E-state index contributed by atoms with van der Waals surface area (Å²) in [5.41, 5.74) is 6.89. The number of hydrogen-bond acceptors (Lipinski definition) is 4. The third-order valence-corrected chi connectivity index (χ3v) is 4.81. The van der Waals surface area contributed by atoms with E-state index in [9.17, 15) is 12.8 Å². The van der Waals surface area contributed by atoms with Crippen LogP contribution < -0.4 is 10.5 Å². The molecule has 0 amide bonds. The molecule has 0 spiro atoms. The highest BCUT2D eigenvalue weighted by molar-refractivity contribution is 7.95. The lowest BCUT2D eigenvalue weighted by atomic mass is 10.1. The fourth-order valence-electron chi connectivity index (χ4n) is 2.26. The highest BCUT2D eigenvalue weighted by Gasteiger charge is 2.29. The maximum atomic E-state index is 13.5. The fraction of sp³-hybridized carbons (Fsp3) is 0.0667. The number of para-hydroxylation sites is 1. The van der Waals surface area contributed by atoms with Gasteiger partial charge in [0.05, 0.1) is 5.69 Å². The molecule has 2 aromatic rings. The van der Waals surface area contributed by atoms with Gasteiger partial charge in [0.15, 0.2) is 11.6 Å². The van der Waals surface area contributed by atoms with Crippen LogP contribution in [0.5, 0.6) is 5.75 Å². The van der Waals surface area contributed by atoms with Crippen LogP contribution in [0.25, 0.3) is 5.57 Å². The quantitative estimate of drug-likeness (QED) is 0.885. The average molecular weight is 305 g/mol. The maximum absolute atomic E-state index is 13.5. The van der Waals surface area contributed by atoms with Crippen molar-refractivity contribution >= 4 is 21.1 Å². The number of nitrogens with two attached hydrogens (primary N) is 1. The molecule has 1 aliphatic heterocycles. The number of halogens is 1. The number of anilines is 1. The molecule has 0 fully saturated rings. The molecule has 0 saturated carbocycles. The number of benzene rings is 2. The first-order valence-electron chi connectivity index (χ1n) is 6.21. The summed E-state index contributed by atoms with van der Waals surface area (Å²) in [5.74, 6) is -0.417. The Bertz CT molecular complexity index is 844. The maximum Gasteiger partial charge on any atom is 0.202 e. The zero-order valence-electron chi connectivity index (χ0n) is 10.9. The predicted molar refractivity (Wildman–Crippen MR) is 77.9 cm³/mol. The second kappa shape index (κ2) is 4.89. The van der Waals surface area contributed by atoms with Gasteiger partial charge in [0.1, 0.15) is 11.5 Å². The van der Waals surface area contributed by atoms with Crippen LogP contribution in [-0.2, 0) is 9.84 Å². The zero-order chi connectivity index (χ0) is 15.0. The van der Waals surface area contributed by atoms with Gasteiger partial charge in [0.2, 0.25) is 9.84 Å². The molecule has 0 bridgehead atoms. The normalized spacial score (nSPS) is 15.4. The van der Waals surface area contributed by atoms with Gasteiger partial charge in [-0.2, -0.15) is 0 Å². The first kappa shape index (κ1) is 13.6. The molecular formula is C15H12FNO3S. The summed E-state index contributed by atoms with van der Waals surface area (Å²) in [7, 11) is -3.56. The van der Waals surface area contributed by atoms with Crippen LogP contribution in [0.15, 0.2) is 52.8 Å². The Labute approximate surface area is 121 Å². The molecule has 0 aromatic heterocycles. The highest BCUT2D eigenvalue weighted by atomic mass is 32.2. The minimum Gasteiger partial charge on any atom is -0.486 e. The minimum atomic E-state index is -3.56. The van der Waals surface area contributed by atoms with Crippen molar-refractivity contribution in [1.82, 2.24) is 0 Å². The molecule has 0 aliphatic carbocycles. The van der Waals surface area contributed by atoms with E-state index in [0.717, 1.165) is 5.41 Å². The van der Waals surface area contributed by atoms with Crippen molar-refractivity contribution in [2.24, 2.45) is 0 Å². The summed E-state index contributed by atoms with van der Waals surface area (Å²) in [5, 5.41) is 1.12. The average Bonchev–Trinajstić information content (AvgIpc) is 2.70. The Morgan fingerprint density at radius 3 is 2.62 bits per heavy atom. The molecule has 108 valence electrons. The molecule has 21 heavy (non-hydrogen) atoms. The van der Waals surface area contributed by atoms with Crippen molar-refractivity contribution in [3.63, 3.8) is 0 Å². The summed E-state index contributed by atoms with van der Waals surface area (Å²) >= 11 is 0. The second-order valence-electron chi connectivity index (χ2n) is 4.63. The van der Waals surface area contributed by atoms with E-state index in [1.54, 1.807) is 24.3 Å². The van der Waals surface area contributed by atoms with Crippen LogP contribution in [0.3, 0.4) is 0 Å². The monoisotopic (exact) mass is 305 g/mol. The fourth-order valence-corrected chi connectivity index (χ4v) is 3.85. The third-order valence-electron chi connectivity index (χ3n) is 3.19. The molecule has 0 unspecified atom stereocenters. The summed E-state index contributed by atoms with van der Waals surface area (Å²) in [4.78, 5) is 0.0946. The second-order valence-corrected chi connectivity index (χ2v) is 6.37. The Balaban J connectivity index is 1.92. The van der Waals surface area contributed by atoms with E-state index in [1.165, 1.54) is 18.2 Å². The molecule has 0 radical (unpaired) electrons. The van der Waals surface area contributed by atoms with Crippen molar-refractivity contribution in [2.45, 2.75) is 4.90 Å². The Morgan fingerprint density at radius 1 is 1.10 bits per heavy atom. The van der Waals surface area contributed by atoms with Gasteiger partial charge in [-0.25, -0.2) is 12.8 Å². The predicted octanol–water partition coefficient (Wildman–Crippen LogP) is 2.62. The van der Waals surface area contributed by atoms with Crippen molar-refractivity contribution < 1.29 is 17.5 Å². The van der Waals surface area contributed by atoms with E-state index in [-0.39, 0.29) is 22.9 Å². The van der Waals surface area contributed by atoms with Gasteiger partial charge in [-0.15, -0.1) is 0 Å². The molecule has 0 atom stereocenters. The van der Waals surface area contributed by atoms with Gasteiger partial charge in [-0.1, -0.05) is 24.3 Å². The van der Waals surface area contributed by atoms with Crippen LogP contribution >= 0.6 is 0 Å². The van der Waals surface area contributed by atoms with E-state index in [4.69, 9.17) is 10.5 Å². The standard InChI is InChI=1S/C15H12FNO3S/c16-12-5-1-2-7-14(12)20-8-10-9-21(18,19)15-11(10)4-3-6-13(15)17/h1-7,9H,8,17H2. The molecule has 3 rings (SSSR count). The van der Waals surface area contributed by atoms with E-state index in [2.05, 4.69) is 0 Å². The van der Waals surface area contributed by atoms with Gasteiger partial charge in [-0.05, 0) is 18.2 Å². The SMILES string of the molecule is Nc1cccc2c1S(=O)(=O)C=C2COc1ccccc1F. The van der Waals surface area contributed by atoms with Crippen LogP contribution in [0.1, 0.15) is 5.56 Å². The molecule has 4 nitrogen and oxygen atoms in total. The number of hydrogen-bond donors (Lipinski definition) is 1. The van der Waals surface area contributed by atoms with E-state index in [1.807, 2.05) is 0 Å². The highest BCUT2D eigenvalue weighted by Crippen LogP contribution is 2.37. The molecule has 1 aliphatic rings. The first-order chi connectivity index (χ1) is 9.99. The molecular weight excluding hydrogens is 293 g/mol. The summed E-state index contributed by atoms with van der Waals surface area (Å²) in [6.07, 6.45) is 0. The van der Waals surface area contributed by atoms with E-state index >= 15 is 0 Å². The summed E-state index contributed by atoms with van der Waals surface area (Å²) < 4.78 is 43.0. The molecule has 0 saturated heterocycles. The lowest BCUT2D eigenvalue weighted by Gasteiger charge is -2.09. The number of nitrogen functional groups attached to an aromatic ring is 1. The van der Waals surface area contributed by atoms with E-state index in [0.29, 0.717) is 11.1 Å². The molecule has 2 N–H and O–H groups in total. The lowest BCUT2D eigenvalue weighted by Crippen LogP contribution is -2.02. The van der Waals surface area contributed by atoms with E-state index < -0.39 is 15.7 Å². The summed E-state index contributed by atoms with van der Waals surface area (Å²) in [6.45, 7) is -0.0450. The van der Waals surface area contributed by atoms with Gasteiger partial charge >= 0.3 is 0 Å². The van der Waals surface area contributed by atoms with Gasteiger partial charge < -0.3 is 10.5 Å². The molecule has 2 aromatic carbocycles. The Kier molecular flexibility index (Phi) is 3.17. The van der Waals surface area contributed by atoms with Crippen LogP contribution in [0.4, 0.5) is 10.1 Å². The molecule has 1 heterocycles. The van der Waals surface area contributed by atoms with Crippen molar-refractivity contribution in [3.8, 4) is 5.75 Å². The van der Waals surface area contributed by atoms with Crippen molar-refractivity contribution in [3.05, 3.63) is 59.3 Å². The van der Waals surface area contributed by atoms with Crippen LogP contribution in [0, 0.1) is 5.82 Å². The van der Waals surface area contributed by atoms with Crippen LogP contribution in [-0.4, -0.2) is 15.0 Å². The third kappa shape index (κ3) is 2.38.